The Balaban J connectivity index is 0.000000296. The molecule has 2 N–H and O–H groups in total. The van der Waals surface area contributed by atoms with E-state index in [1.54, 1.807) is 12.2 Å². The Hall–Kier alpha value is -0.760. The maximum Gasteiger partial charge on any atom is 0.104 e. The highest BCUT2D eigenvalue weighted by Crippen LogP contribution is 2.12. The molecule has 0 aromatic rings. The number of hydrogen-bond donors (Lipinski definition) is 2. The fourth-order valence-electron chi connectivity index (χ4n) is 0.894. The zero-order valence-electron chi connectivity index (χ0n) is 11.9. The van der Waals surface area contributed by atoms with Crippen molar-refractivity contribution in [2.75, 3.05) is 52.9 Å². The quantitative estimate of drug-likeness (QED) is 0.357. The van der Waals surface area contributed by atoms with Crippen LogP contribution in [0.25, 0.3) is 0 Å². The van der Waals surface area contributed by atoms with E-state index in [9.17, 15) is 0 Å². The second kappa shape index (κ2) is 14.6. The average molecular weight is 290 g/mol. The molecule has 2 unspecified atom stereocenters. The largest absolute Gasteiger partial charge is 0.394 e. The van der Waals surface area contributed by atoms with Crippen LogP contribution in [0.4, 0.5) is 0 Å². The van der Waals surface area contributed by atoms with Gasteiger partial charge in [-0.25, -0.2) is 0 Å². The molecule has 2 fully saturated rings. The molecule has 2 saturated heterocycles. The van der Waals surface area contributed by atoms with Crippen molar-refractivity contribution in [2.24, 2.45) is 0 Å². The Kier molecular flexibility index (Phi) is 14.1. The van der Waals surface area contributed by atoms with Crippen LogP contribution in [0, 0.1) is 0 Å². The number of epoxide rings is 2. The van der Waals surface area contributed by atoms with Gasteiger partial charge in [-0.1, -0.05) is 12.2 Å². The smallest absolute Gasteiger partial charge is 0.104 e. The van der Waals surface area contributed by atoms with Gasteiger partial charge in [-0.3, -0.25) is 0 Å². The lowest BCUT2D eigenvalue weighted by Crippen LogP contribution is -2.06. The Morgan fingerprint density at radius 2 is 1.30 bits per heavy atom. The molecule has 20 heavy (non-hydrogen) atoms. The van der Waals surface area contributed by atoms with Crippen LogP contribution in [-0.2, 0) is 18.9 Å². The van der Waals surface area contributed by atoms with Crippen molar-refractivity contribution >= 4 is 0 Å². The van der Waals surface area contributed by atoms with Gasteiger partial charge in [-0.05, 0) is 0 Å². The molecule has 0 amide bonds. The summed E-state index contributed by atoms with van der Waals surface area (Å²) in [6, 6.07) is 0. The molecule has 0 radical (unpaired) electrons. The monoisotopic (exact) mass is 290 g/mol. The van der Waals surface area contributed by atoms with Crippen LogP contribution in [0.5, 0.6) is 0 Å². The van der Waals surface area contributed by atoms with E-state index in [2.05, 4.69) is 13.2 Å². The average Bonchev–Trinajstić information content (AvgIpc) is 3.35. The van der Waals surface area contributed by atoms with E-state index in [-0.39, 0.29) is 13.2 Å². The first-order chi connectivity index (χ1) is 9.78. The molecule has 6 nitrogen and oxygen atoms in total. The van der Waals surface area contributed by atoms with E-state index in [1.165, 1.54) is 0 Å². The predicted molar refractivity (Wildman–Crippen MR) is 75.7 cm³/mol. The number of hydrogen-bond acceptors (Lipinski definition) is 6. The van der Waals surface area contributed by atoms with E-state index in [0.717, 1.165) is 26.4 Å². The topological polar surface area (TPSA) is 84.0 Å². The molecule has 2 aliphatic heterocycles. The molecule has 6 heteroatoms. The summed E-state index contributed by atoms with van der Waals surface area (Å²) in [6.07, 6.45) is 4.21. The molecule has 0 bridgehead atoms. The van der Waals surface area contributed by atoms with Gasteiger partial charge in [-0.2, -0.15) is 0 Å². The van der Waals surface area contributed by atoms with Gasteiger partial charge < -0.3 is 29.2 Å². The van der Waals surface area contributed by atoms with E-state index in [4.69, 9.17) is 29.2 Å². The predicted octanol–water partition coefficient (Wildman–Crippen LogP) is 0.147. The van der Waals surface area contributed by atoms with E-state index in [1.807, 2.05) is 0 Å². The van der Waals surface area contributed by atoms with Gasteiger partial charge in [-0.15, -0.1) is 13.2 Å². The highest BCUT2D eigenvalue weighted by atomic mass is 16.6. The summed E-state index contributed by atoms with van der Waals surface area (Å²) in [5, 5.41) is 15.2. The zero-order valence-corrected chi connectivity index (χ0v) is 11.9. The molecule has 0 aliphatic carbocycles. The number of aliphatic hydroxyl groups is 2. The lowest BCUT2D eigenvalue weighted by Gasteiger charge is -1.95. The summed E-state index contributed by atoms with van der Waals surface area (Å²) in [4.78, 5) is 0. The van der Waals surface area contributed by atoms with Gasteiger partial charge in [0.2, 0.25) is 0 Å². The summed E-state index contributed by atoms with van der Waals surface area (Å²) >= 11 is 0. The van der Waals surface area contributed by atoms with Gasteiger partial charge in [0, 0.05) is 0 Å². The van der Waals surface area contributed by atoms with Crippen LogP contribution in [0.1, 0.15) is 0 Å². The zero-order chi connectivity index (χ0) is 15.1. The van der Waals surface area contributed by atoms with Crippen LogP contribution < -0.4 is 0 Å². The minimum atomic E-state index is -0.125. The van der Waals surface area contributed by atoms with Crippen LogP contribution >= 0.6 is 0 Å². The highest BCUT2D eigenvalue weighted by molar-refractivity contribution is 4.71. The first-order valence-electron chi connectivity index (χ1n) is 6.60. The van der Waals surface area contributed by atoms with Gasteiger partial charge >= 0.3 is 0 Å². The molecule has 118 valence electrons. The van der Waals surface area contributed by atoms with Crippen LogP contribution in [0.15, 0.2) is 25.3 Å². The first kappa shape index (κ1) is 19.2. The number of ether oxygens (including phenoxy) is 4. The van der Waals surface area contributed by atoms with E-state index in [0.29, 0.717) is 25.4 Å². The highest BCUT2D eigenvalue weighted by Gasteiger charge is 2.26. The third kappa shape index (κ3) is 17.2. The maximum absolute atomic E-state index is 7.62. The molecule has 2 atom stereocenters. The summed E-state index contributed by atoms with van der Waals surface area (Å²) < 4.78 is 20.0. The molecule has 0 aromatic carbocycles. The van der Waals surface area contributed by atoms with Crippen LogP contribution in [-0.4, -0.2) is 75.3 Å². The minimum Gasteiger partial charge on any atom is -0.394 e. The molecule has 0 spiro atoms. The molecular weight excluding hydrogens is 264 g/mol. The minimum absolute atomic E-state index is 0.125. The van der Waals surface area contributed by atoms with Gasteiger partial charge in [0.05, 0.1) is 52.9 Å². The van der Waals surface area contributed by atoms with Crippen molar-refractivity contribution in [2.45, 2.75) is 12.2 Å². The Morgan fingerprint density at radius 1 is 0.900 bits per heavy atom. The van der Waals surface area contributed by atoms with Crippen molar-refractivity contribution in [3.63, 3.8) is 0 Å². The van der Waals surface area contributed by atoms with E-state index < -0.39 is 0 Å². The maximum atomic E-state index is 7.62. The lowest BCUT2D eigenvalue weighted by molar-refractivity contribution is 0.102. The normalized spacial score (nSPS) is 21.7. The van der Waals surface area contributed by atoms with Crippen LogP contribution in [0.3, 0.4) is 0 Å². The molecule has 2 aliphatic rings. The number of aliphatic hydroxyl groups excluding tert-OH is 2. The fraction of sp³-hybridized carbons (Fsp3) is 0.714. The summed E-state index contributed by atoms with van der Waals surface area (Å²) in [6.45, 7) is 11.2. The molecule has 0 aromatic heterocycles. The van der Waals surface area contributed by atoms with E-state index >= 15 is 0 Å². The van der Waals surface area contributed by atoms with Gasteiger partial charge in [0.25, 0.3) is 0 Å². The molecule has 0 saturated carbocycles. The molecule has 2 rings (SSSR count). The van der Waals surface area contributed by atoms with Crippen molar-refractivity contribution in [3.05, 3.63) is 25.3 Å². The van der Waals surface area contributed by atoms with Gasteiger partial charge in [0.15, 0.2) is 0 Å². The Morgan fingerprint density at radius 3 is 1.55 bits per heavy atom. The third-order valence-corrected chi connectivity index (χ3v) is 1.98. The SMILES string of the molecule is C(OCC1CO1)C1CO1.C=CCOCC=C.OCCO. The Labute approximate surface area is 120 Å². The van der Waals surface area contributed by atoms with Crippen molar-refractivity contribution in [3.8, 4) is 0 Å². The fourth-order valence-corrected chi connectivity index (χ4v) is 0.894. The molecule has 2 heterocycles. The first-order valence-corrected chi connectivity index (χ1v) is 6.60. The second-order valence-electron chi connectivity index (χ2n) is 4.01. The van der Waals surface area contributed by atoms with Gasteiger partial charge in [0.1, 0.15) is 12.2 Å². The Bertz CT molecular complexity index is 204. The second-order valence-corrected chi connectivity index (χ2v) is 4.01. The lowest BCUT2D eigenvalue weighted by atomic mass is 10.5. The van der Waals surface area contributed by atoms with Crippen molar-refractivity contribution in [1.82, 2.24) is 0 Å². The van der Waals surface area contributed by atoms with Crippen LogP contribution in [0.2, 0.25) is 0 Å². The summed E-state index contributed by atoms with van der Waals surface area (Å²) in [5.74, 6) is 0. The van der Waals surface area contributed by atoms with Crippen molar-refractivity contribution in [1.29, 1.82) is 0 Å². The summed E-state index contributed by atoms with van der Waals surface area (Å²) in [7, 11) is 0. The van der Waals surface area contributed by atoms with Crippen molar-refractivity contribution < 1.29 is 29.2 Å². The number of rotatable bonds is 9. The summed E-state index contributed by atoms with van der Waals surface area (Å²) in [5.41, 5.74) is 0. The standard InChI is InChI=1S/C6H10O3.C6H10O.C2H6O2/c1(5-3-8-5)7-2-6-4-9-6;1-3-5-7-6-4-2;3-1-2-4/h5-6H,1-4H2;3-4H,1-2,5-6H2;3-4H,1-2H2. The third-order valence-electron chi connectivity index (χ3n) is 1.98. The molecular formula is C14H26O6.